The highest BCUT2D eigenvalue weighted by molar-refractivity contribution is 5.90. The summed E-state index contributed by atoms with van der Waals surface area (Å²) in [7, 11) is 1.89. The fourth-order valence-corrected chi connectivity index (χ4v) is 3.43. The van der Waals surface area contributed by atoms with Gasteiger partial charge in [0.25, 0.3) is 5.91 Å². The molecule has 2 atom stereocenters. The Morgan fingerprint density at radius 1 is 1.29 bits per heavy atom. The quantitative estimate of drug-likeness (QED) is 0.771. The van der Waals surface area contributed by atoms with Crippen molar-refractivity contribution in [3.8, 4) is 0 Å². The molecule has 6 heteroatoms. The van der Waals surface area contributed by atoms with Gasteiger partial charge in [0.2, 0.25) is 11.7 Å². The molecule has 21 heavy (non-hydrogen) atoms. The Morgan fingerprint density at radius 3 is 2.81 bits per heavy atom. The second kappa shape index (κ2) is 5.79. The highest BCUT2D eigenvalue weighted by atomic mass is 16.2. The Bertz CT molecular complexity index is 534. The highest BCUT2D eigenvalue weighted by Crippen LogP contribution is 2.29. The third-order valence-corrected chi connectivity index (χ3v) is 4.59. The molecule has 0 N–H and O–H groups in total. The van der Waals surface area contributed by atoms with Crippen LogP contribution in [0.3, 0.4) is 0 Å². The molecule has 0 spiro atoms. The summed E-state index contributed by atoms with van der Waals surface area (Å²) in [5.41, 5.74) is 0. The van der Waals surface area contributed by atoms with Gasteiger partial charge in [0.05, 0.1) is 0 Å². The monoisotopic (exact) mass is 288 g/mol. The first kappa shape index (κ1) is 14.0. The second-order valence-corrected chi connectivity index (χ2v) is 5.84. The lowest BCUT2D eigenvalue weighted by atomic mass is 9.88. The Hall–Kier alpha value is -1.98. The van der Waals surface area contributed by atoms with E-state index < -0.39 is 0 Å². The predicted octanol–water partition coefficient (Wildman–Crippen LogP) is 0.950. The van der Waals surface area contributed by atoms with Gasteiger partial charge in [-0.25, -0.2) is 9.97 Å². The van der Waals surface area contributed by atoms with E-state index in [2.05, 4.69) is 9.97 Å². The minimum absolute atomic E-state index is 0.104. The lowest BCUT2D eigenvalue weighted by Crippen LogP contribution is -2.52. The van der Waals surface area contributed by atoms with E-state index in [0.717, 1.165) is 19.3 Å². The van der Waals surface area contributed by atoms with Gasteiger partial charge >= 0.3 is 0 Å². The molecule has 2 fully saturated rings. The zero-order valence-electron chi connectivity index (χ0n) is 12.2. The Kier molecular flexibility index (Phi) is 3.86. The minimum atomic E-state index is -0.104. The van der Waals surface area contributed by atoms with E-state index in [1.165, 1.54) is 0 Å². The molecule has 2 amide bonds. The molecule has 112 valence electrons. The van der Waals surface area contributed by atoms with E-state index in [-0.39, 0.29) is 23.7 Å². The van der Waals surface area contributed by atoms with Crippen molar-refractivity contribution >= 4 is 11.8 Å². The average molecular weight is 288 g/mol. The van der Waals surface area contributed by atoms with Crippen molar-refractivity contribution in [2.75, 3.05) is 20.1 Å². The number of aromatic nitrogens is 2. The first-order valence-corrected chi connectivity index (χ1v) is 7.49. The molecule has 0 saturated carbocycles. The zero-order valence-corrected chi connectivity index (χ0v) is 12.2. The number of piperidine rings is 1. The predicted molar refractivity (Wildman–Crippen MR) is 76.5 cm³/mol. The first-order chi connectivity index (χ1) is 10.2. The fourth-order valence-electron chi connectivity index (χ4n) is 3.43. The van der Waals surface area contributed by atoms with Crippen LogP contribution in [0.1, 0.15) is 36.3 Å². The van der Waals surface area contributed by atoms with Crippen molar-refractivity contribution in [1.29, 1.82) is 0 Å². The van der Waals surface area contributed by atoms with Crippen LogP contribution in [0, 0.1) is 5.92 Å². The number of hydrogen-bond donors (Lipinski definition) is 0. The normalized spacial score (nSPS) is 26.2. The van der Waals surface area contributed by atoms with Crippen molar-refractivity contribution < 1.29 is 9.59 Å². The van der Waals surface area contributed by atoms with Gasteiger partial charge in [0.1, 0.15) is 0 Å². The van der Waals surface area contributed by atoms with E-state index in [1.807, 2.05) is 16.8 Å². The molecule has 0 bridgehead atoms. The van der Waals surface area contributed by atoms with E-state index in [0.29, 0.717) is 25.4 Å². The van der Waals surface area contributed by atoms with Gasteiger partial charge in [-0.2, -0.15) is 0 Å². The lowest BCUT2D eigenvalue weighted by Gasteiger charge is -2.41. The van der Waals surface area contributed by atoms with Crippen LogP contribution in [0.5, 0.6) is 0 Å². The van der Waals surface area contributed by atoms with Gasteiger partial charge < -0.3 is 9.80 Å². The van der Waals surface area contributed by atoms with E-state index in [4.69, 9.17) is 0 Å². The molecule has 1 aromatic heterocycles. The maximum absolute atomic E-state index is 12.4. The highest BCUT2D eigenvalue weighted by Gasteiger charge is 2.37. The number of amides is 2. The van der Waals surface area contributed by atoms with Crippen LogP contribution in [-0.2, 0) is 4.79 Å². The molecule has 0 unspecified atom stereocenters. The summed E-state index contributed by atoms with van der Waals surface area (Å²) in [5.74, 6) is 0.748. The molecule has 2 saturated heterocycles. The molecular formula is C15H20N4O2. The molecule has 6 nitrogen and oxygen atoms in total. The fraction of sp³-hybridized carbons (Fsp3) is 0.600. The van der Waals surface area contributed by atoms with Crippen LogP contribution in [-0.4, -0.2) is 57.8 Å². The topological polar surface area (TPSA) is 66.4 Å². The van der Waals surface area contributed by atoms with Crippen LogP contribution in [0.2, 0.25) is 0 Å². The summed E-state index contributed by atoms with van der Waals surface area (Å²) in [5, 5.41) is 0. The zero-order chi connectivity index (χ0) is 14.8. The average Bonchev–Trinajstić information content (AvgIpc) is 2.67. The molecule has 0 aromatic carbocycles. The van der Waals surface area contributed by atoms with Gasteiger partial charge in [0, 0.05) is 45.0 Å². The summed E-state index contributed by atoms with van der Waals surface area (Å²) in [4.78, 5) is 36.2. The van der Waals surface area contributed by atoms with Crippen LogP contribution in [0.25, 0.3) is 0 Å². The number of rotatable bonds is 1. The van der Waals surface area contributed by atoms with E-state index >= 15 is 0 Å². The Balaban J connectivity index is 1.72. The van der Waals surface area contributed by atoms with Crippen molar-refractivity contribution in [1.82, 2.24) is 19.8 Å². The van der Waals surface area contributed by atoms with Crippen molar-refractivity contribution in [2.45, 2.75) is 31.7 Å². The molecular weight excluding hydrogens is 268 g/mol. The van der Waals surface area contributed by atoms with Crippen LogP contribution in [0.15, 0.2) is 18.5 Å². The summed E-state index contributed by atoms with van der Waals surface area (Å²) in [6, 6.07) is 1.97. The van der Waals surface area contributed by atoms with Gasteiger partial charge in [-0.15, -0.1) is 0 Å². The van der Waals surface area contributed by atoms with Gasteiger partial charge in [-0.1, -0.05) is 0 Å². The van der Waals surface area contributed by atoms with Crippen molar-refractivity contribution in [3.05, 3.63) is 24.3 Å². The summed E-state index contributed by atoms with van der Waals surface area (Å²) in [6.07, 6.45) is 6.55. The van der Waals surface area contributed by atoms with E-state index in [9.17, 15) is 9.59 Å². The summed E-state index contributed by atoms with van der Waals surface area (Å²) in [6.45, 7) is 1.36. The Morgan fingerprint density at radius 2 is 2.05 bits per heavy atom. The number of fused-ring (bicyclic) bond motifs is 1. The molecule has 1 aromatic rings. The molecule has 3 heterocycles. The van der Waals surface area contributed by atoms with Crippen molar-refractivity contribution in [3.63, 3.8) is 0 Å². The molecule has 0 radical (unpaired) electrons. The summed E-state index contributed by atoms with van der Waals surface area (Å²) < 4.78 is 0. The SMILES string of the molecule is CN1C(=O)CCC[C@H]2CN(C(=O)c3ncccn3)CC[C@H]21. The van der Waals surface area contributed by atoms with Crippen LogP contribution >= 0.6 is 0 Å². The van der Waals surface area contributed by atoms with Crippen LogP contribution in [0.4, 0.5) is 0 Å². The Labute approximate surface area is 124 Å². The van der Waals surface area contributed by atoms with Crippen molar-refractivity contribution in [2.24, 2.45) is 5.92 Å². The molecule has 2 aliphatic heterocycles. The van der Waals surface area contributed by atoms with Gasteiger partial charge in [0.15, 0.2) is 0 Å². The first-order valence-electron chi connectivity index (χ1n) is 7.49. The lowest BCUT2D eigenvalue weighted by molar-refractivity contribution is -0.132. The summed E-state index contributed by atoms with van der Waals surface area (Å²) >= 11 is 0. The van der Waals surface area contributed by atoms with Crippen LogP contribution < -0.4 is 0 Å². The standard InChI is InChI=1S/C15H20N4O2/c1-18-12-6-9-19(10-11(12)4-2-5-13(18)20)15(21)14-16-7-3-8-17-14/h3,7-8,11-12H,2,4-6,9-10H2,1H3/t11-,12+/m0/s1. The maximum atomic E-state index is 12.4. The third-order valence-electron chi connectivity index (χ3n) is 4.59. The number of hydrogen-bond acceptors (Lipinski definition) is 4. The van der Waals surface area contributed by atoms with Gasteiger partial charge in [-0.05, 0) is 31.2 Å². The number of carbonyl (C=O) groups is 2. The second-order valence-electron chi connectivity index (χ2n) is 5.84. The number of nitrogens with zero attached hydrogens (tertiary/aromatic N) is 4. The minimum Gasteiger partial charge on any atom is -0.342 e. The third kappa shape index (κ3) is 2.75. The number of likely N-dealkylation sites (tertiary alicyclic amines) is 2. The smallest absolute Gasteiger partial charge is 0.291 e. The van der Waals surface area contributed by atoms with Gasteiger partial charge in [-0.3, -0.25) is 9.59 Å². The molecule has 3 rings (SSSR count). The molecule has 0 aliphatic carbocycles. The largest absolute Gasteiger partial charge is 0.342 e. The van der Waals surface area contributed by atoms with E-state index in [1.54, 1.807) is 18.5 Å². The number of carbonyl (C=O) groups excluding carboxylic acids is 2. The molecule has 2 aliphatic rings. The maximum Gasteiger partial charge on any atom is 0.291 e.